The zero-order valence-corrected chi connectivity index (χ0v) is 17.3. The number of anilines is 1. The Morgan fingerprint density at radius 1 is 0.967 bits per heavy atom. The van der Waals surface area contributed by atoms with E-state index in [9.17, 15) is 14.0 Å². The van der Waals surface area contributed by atoms with E-state index in [1.54, 1.807) is 23.1 Å². The third kappa shape index (κ3) is 5.72. The minimum Gasteiger partial charge on any atom is -0.482 e. The first-order chi connectivity index (χ1) is 14.4. The summed E-state index contributed by atoms with van der Waals surface area (Å²) in [5, 5.41) is 0. The Morgan fingerprint density at radius 2 is 1.63 bits per heavy atom. The number of para-hydroxylation sites is 1. The molecule has 30 heavy (non-hydrogen) atoms. The van der Waals surface area contributed by atoms with Gasteiger partial charge in [-0.25, -0.2) is 9.18 Å². The largest absolute Gasteiger partial charge is 0.482 e. The lowest BCUT2D eigenvalue weighted by Crippen LogP contribution is -2.50. The van der Waals surface area contributed by atoms with Gasteiger partial charge in [-0.1, -0.05) is 38.1 Å². The first-order valence-corrected chi connectivity index (χ1v) is 10.1. The number of rotatable bonds is 7. The molecule has 0 unspecified atom stereocenters. The average Bonchev–Trinajstić information content (AvgIpc) is 2.77. The molecule has 0 N–H and O–H groups in total. The summed E-state index contributed by atoms with van der Waals surface area (Å²) in [4.78, 5) is 27.7. The van der Waals surface area contributed by atoms with Crippen molar-refractivity contribution in [1.82, 2.24) is 4.90 Å². The number of piperazine rings is 1. The fourth-order valence-electron chi connectivity index (χ4n) is 3.27. The molecule has 1 aliphatic rings. The number of esters is 1. The van der Waals surface area contributed by atoms with E-state index >= 15 is 0 Å². The molecule has 7 heteroatoms. The number of carbonyl (C=O) groups excluding carboxylic acids is 2. The number of halogens is 1. The molecule has 6 nitrogen and oxygen atoms in total. The van der Waals surface area contributed by atoms with Crippen molar-refractivity contribution in [2.24, 2.45) is 0 Å². The Hall–Kier alpha value is -3.09. The van der Waals surface area contributed by atoms with Gasteiger partial charge in [0.05, 0.1) is 5.69 Å². The molecule has 2 aromatic rings. The second kappa shape index (κ2) is 10.1. The molecule has 1 amide bonds. The van der Waals surface area contributed by atoms with Crippen molar-refractivity contribution in [2.75, 3.05) is 44.3 Å². The monoisotopic (exact) mass is 414 g/mol. The maximum absolute atomic E-state index is 13.9. The predicted molar refractivity (Wildman–Crippen MR) is 112 cm³/mol. The molecule has 1 aliphatic heterocycles. The van der Waals surface area contributed by atoms with E-state index in [-0.39, 0.29) is 24.9 Å². The van der Waals surface area contributed by atoms with Crippen molar-refractivity contribution in [1.29, 1.82) is 0 Å². The van der Waals surface area contributed by atoms with Crippen LogP contribution in [0.3, 0.4) is 0 Å². The highest BCUT2D eigenvalue weighted by molar-refractivity contribution is 5.81. The van der Waals surface area contributed by atoms with Crippen LogP contribution < -0.4 is 9.64 Å². The van der Waals surface area contributed by atoms with Crippen LogP contribution in [0.2, 0.25) is 0 Å². The molecule has 1 fully saturated rings. The Bertz CT molecular complexity index is 862. The van der Waals surface area contributed by atoms with Gasteiger partial charge >= 0.3 is 5.97 Å². The summed E-state index contributed by atoms with van der Waals surface area (Å²) in [7, 11) is 0. The fraction of sp³-hybridized carbons (Fsp3) is 0.391. The SMILES string of the molecule is CC(C)c1ccc(OCC(=O)OCC(=O)N2CCN(c3ccccc3F)CC2)cc1. The van der Waals surface area contributed by atoms with Gasteiger partial charge in [0.25, 0.3) is 5.91 Å². The molecule has 160 valence electrons. The van der Waals surface area contributed by atoms with Crippen LogP contribution in [0.5, 0.6) is 5.75 Å². The quantitative estimate of drug-likeness (QED) is 0.651. The Balaban J connectivity index is 1.38. The number of carbonyl (C=O) groups is 2. The minimum absolute atomic E-state index is 0.255. The third-order valence-electron chi connectivity index (χ3n) is 5.09. The van der Waals surface area contributed by atoms with E-state index in [0.717, 1.165) is 0 Å². The average molecular weight is 414 g/mol. The predicted octanol–water partition coefficient (Wildman–Crippen LogP) is 3.22. The van der Waals surface area contributed by atoms with Crippen molar-refractivity contribution in [3.63, 3.8) is 0 Å². The van der Waals surface area contributed by atoms with Crippen LogP contribution in [0, 0.1) is 5.82 Å². The summed E-state index contributed by atoms with van der Waals surface area (Å²) in [6, 6.07) is 14.1. The van der Waals surface area contributed by atoms with Gasteiger partial charge in [-0.15, -0.1) is 0 Å². The first kappa shape index (κ1) is 21.6. The molecule has 1 saturated heterocycles. The molecule has 0 bridgehead atoms. The van der Waals surface area contributed by atoms with Crippen LogP contribution in [0.25, 0.3) is 0 Å². The number of amides is 1. The van der Waals surface area contributed by atoms with E-state index in [1.165, 1.54) is 11.6 Å². The zero-order chi connectivity index (χ0) is 21.5. The zero-order valence-electron chi connectivity index (χ0n) is 17.3. The maximum Gasteiger partial charge on any atom is 0.344 e. The second-order valence-electron chi connectivity index (χ2n) is 7.49. The van der Waals surface area contributed by atoms with Gasteiger partial charge in [-0.2, -0.15) is 0 Å². The number of ether oxygens (including phenoxy) is 2. The lowest BCUT2D eigenvalue weighted by atomic mass is 10.0. The number of nitrogens with zero attached hydrogens (tertiary/aromatic N) is 2. The molecule has 0 spiro atoms. The van der Waals surface area contributed by atoms with Crippen molar-refractivity contribution in [3.8, 4) is 5.75 Å². The van der Waals surface area contributed by atoms with E-state index in [4.69, 9.17) is 9.47 Å². The van der Waals surface area contributed by atoms with Crippen LogP contribution in [0.4, 0.5) is 10.1 Å². The molecule has 0 radical (unpaired) electrons. The Kier molecular flexibility index (Phi) is 7.27. The van der Waals surface area contributed by atoms with Crippen LogP contribution in [-0.2, 0) is 14.3 Å². The molecular formula is C23H27FN2O4. The standard InChI is InChI=1S/C23H27FN2O4/c1-17(2)18-7-9-19(10-8-18)29-16-23(28)30-15-22(27)26-13-11-25(12-14-26)21-6-4-3-5-20(21)24/h3-10,17H,11-16H2,1-2H3. The summed E-state index contributed by atoms with van der Waals surface area (Å²) in [5.41, 5.74) is 1.72. The highest BCUT2D eigenvalue weighted by Crippen LogP contribution is 2.20. The van der Waals surface area contributed by atoms with Crippen molar-refractivity contribution >= 4 is 17.6 Å². The number of benzene rings is 2. The highest BCUT2D eigenvalue weighted by atomic mass is 19.1. The molecule has 0 aliphatic carbocycles. The molecule has 1 heterocycles. The lowest BCUT2D eigenvalue weighted by molar-refractivity contribution is -0.153. The van der Waals surface area contributed by atoms with Gasteiger partial charge < -0.3 is 19.3 Å². The van der Waals surface area contributed by atoms with Crippen molar-refractivity contribution < 1.29 is 23.5 Å². The van der Waals surface area contributed by atoms with Crippen LogP contribution in [-0.4, -0.2) is 56.2 Å². The molecular weight excluding hydrogens is 387 g/mol. The van der Waals surface area contributed by atoms with E-state index in [2.05, 4.69) is 13.8 Å². The lowest BCUT2D eigenvalue weighted by Gasteiger charge is -2.36. The molecule has 2 aromatic carbocycles. The van der Waals surface area contributed by atoms with Gasteiger partial charge in [0.15, 0.2) is 13.2 Å². The van der Waals surface area contributed by atoms with Crippen molar-refractivity contribution in [3.05, 3.63) is 59.9 Å². The summed E-state index contributed by atoms with van der Waals surface area (Å²) >= 11 is 0. The normalized spacial score (nSPS) is 14.0. The van der Waals surface area contributed by atoms with Gasteiger partial charge in [-0.3, -0.25) is 4.79 Å². The van der Waals surface area contributed by atoms with Gasteiger partial charge in [0, 0.05) is 26.2 Å². The summed E-state index contributed by atoms with van der Waals surface area (Å²) in [6.07, 6.45) is 0. The van der Waals surface area contributed by atoms with Crippen LogP contribution in [0.1, 0.15) is 25.3 Å². The van der Waals surface area contributed by atoms with Crippen LogP contribution in [0.15, 0.2) is 48.5 Å². The number of hydrogen-bond donors (Lipinski definition) is 0. The third-order valence-corrected chi connectivity index (χ3v) is 5.09. The second-order valence-corrected chi connectivity index (χ2v) is 7.49. The van der Waals surface area contributed by atoms with Gasteiger partial charge in [0.2, 0.25) is 0 Å². The van der Waals surface area contributed by atoms with Gasteiger partial charge in [0.1, 0.15) is 11.6 Å². The van der Waals surface area contributed by atoms with E-state index < -0.39 is 5.97 Å². The maximum atomic E-state index is 13.9. The summed E-state index contributed by atoms with van der Waals surface area (Å²) in [5.74, 6) is -0.139. The summed E-state index contributed by atoms with van der Waals surface area (Å²) < 4.78 is 24.4. The number of hydrogen-bond acceptors (Lipinski definition) is 5. The minimum atomic E-state index is -0.596. The highest BCUT2D eigenvalue weighted by Gasteiger charge is 2.23. The Labute approximate surface area is 176 Å². The van der Waals surface area contributed by atoms with Gasteiger partial charge in [-0.05, 0) is 35.7 Å². The van der Waals surface area contributed by atoms with E-state index in [1.807, 2.05) is 29.2 Å². The summed E-state index contributed by atoms with van der Waals surface area (Å²) in [6.45, 7) is 5.57. The van der Waals surface area contributed by atoms with Crippen molar-refractivity contribution in [2.45, 2.75) is 19.8 Å². The fourth-order valence-corrected chi connectivity index (χ4v) is 3.27. The Morgan fingerprint density at radius 3 is 2.27 bits per heavy atom. The topological polar surface area (TPSA) is 59.1 Å². The smallest absolute Gasteiger partial charge is 0.344 e. The first-order valence-electron chi connectivity index (χ1n) is 10.1. The molecule has 0 aromatic heterocycles. The molecule has 3 rings (SSSR count). The van der Waals surface area contributed by atoms with E-state index in [0.29, 0.717) is 43.5 Å². The molecule has 0 saturated carbocycles. The van der Waals surface area contributed by atoms with Crippen LogP contribution >= 0.6 is 0 Å². The molecule has 0 atom stereocenters.